The van der Waals surface area contributed by atoms with Gasteiger partial charge in [-0.25, -0.2) is 0 Å². The Morgan fingerprint density at radius 2 is 1.81 bits per heavy atom. The van der Waals surface area contributed by atoms with E-state index >= 15 is 0 Å². The van der Waals surface area contributed by atoms with E-state index in [9.17, 15) is 5.11 Å². The maximum absolute atomic E-state index is 9.38. The predicted molar refractivity (Wildman–Crippen MR) is 93.2 cm³/mol. The van der Waals surface area contributed by atoms with Crippen LogP contribution in [0.4, 0.5) is 0 Å². The highest BCUT2D eigenvalue weighted by Crippen LogP contribution is 2.30. The lowest BCUT2D eigenvalue weighted by molar-refractivity contribution is 0.475. The lowest BCUT2D eigenvalue weighted by Gasteiger charge is -2.06. The maximum atomic E-state index is 9.38. The van der Waals surface area contributed by atoms with Crippen LogP contribution in [0.15, 0.2) is 47.4 Å². The third-order valence-corrected chi connectivity index (χ3v) is 4.06. The van der Waals surface area contributed by atoms with Crippen molar-refractivity contribution < 1.29 is 5.11 Å². The molecule has 2 aromatic carbocycles. The molecular weight excluding hydrogens is 302 g/mol. The average Bonchev–Trinajstić information content (AvgIpc) is 2.51. The fourth-order valence-corrected chi connectivity index (χ4v) is 2.90. The zero-order chi connectivity index (χ0) is 15.7. The van der Waals surface area contributed by atoms with Crippen LogP contribution in [0.25, 0.3) is 0 Å². The molecule has 0 aliphatic rings. The van der Waals surface area contributed by atoms with Gasteiger partial charge in [-0.3, -0.25) is 0 Å². The third-order valence-electron chi connectivity index (χ3n) is 2.70. The van der Waals surface area contributed by atoms with E-state index in [-0.39, 0.29) is 5.75 Å². The van der Waals surface area contributed by atoms with Gasteiger partial charge in [-0.1, -0.05) is 49.7 Å². The number of phenolic OH excluding ortho intramolecular Hbond substituents is 1. The van der Waals surface area contributed by atoms with Gasteiger partial charge < -0.3 is 10.4 Å². The average molecular weight is 324 g/mol. The van der Waals surface area contributed by atoms with E-state index in [2.05, 4.69) is 29.6 Å². The molecule has 21 heavy (non-hydrogen) atoms. The minimum atomic E-state index is 0.127. The molecule has 0 aromatic heterocycles. The number of hydrogen-bond acceptors (Lipinski definition) is 3. The van der Waals surface area contributed by atoms with Crippen LogP contribution >= 0.6 is 23.4 Å². The molecule has 114 valence electrons. The second-order valence-corrected chi connectivity index (χ2v) is 5.71. The number of benzene rings is 2. The largest absolute Gasteiger partial charge is 0.506 e. The van der Waals surface area contributed by atoms with Crippen LogP contribution in [0.3, 0.4) is 0 Å². The molecule has 0 bridgehead atoms. The lowest BCUT2D eigenvalue weighted by atomic mass is 10.1. The normalized spacial score (nSPS) is 9.90. The summed E-state index contributed by atoms with van der Waals surface area (Å²) in [6.45, 7) is 4.88. The summed E-state index contributed by atoms with van der Waals surface area (Å²) >= 11 is 7.60. The molecule has 0 spiro atoms. The van der Waals surface area contributed by atoms with Crippen molar-refractivity contribution in [2.45, 2.75) is 31.0 Å². The fourth-order valence-electron chi connectivity index (χ4n) is 1.78. The van der Waals surface area contributed by atoms with E-state index < -0.39 is 0 Å². The molecular formula is C17H22ClNOS. The Kier molecular flexibility index (Phi) is 8.28. The lowest BCUT2D eigenvalue weighted by Crippen LogP contribution is -2.04. The van der Waals surface area contributed by atoms with Crippen LogP contribution in [0.1, 0.15) is 25.0 Å². The molecule has 4 heteroatoms. The number of aromatic hydroxyl groups is 1. The molecule has 0 aliphatic heterocycles. The van der Waals surface area contributed by atoms with E-state index in [4.69, 9.17) is 11.6 Å². The summed E-state index contributed by atoms with van der Waals surface area (Å²) in [4.78, 5) is 1.06. The number of phenols is 1. The van der Waals surface area contributed by atoms with Gasteiger partial charge in [0.2, 0.25) is 0 Å². The highest BCUT2D eigenvalue weighted by atomic mass is 35.5. The first-order valence-corrected chi connectivity index (χ1v) is 8.39. The molecule has 2 nitrogen and oxygen atoms in total. The van der Waals surface area contributed by atoms with Crippen molar-refractivity contribution in [3.63, 3.8) is 0 Å². The van der Waals surface area contributed by atoms with Gasteiger partial charge in [-0.15, -0.1) is 11.8 Å². The number of hydrogen-bond donors (Lipinski definition) is 2. The first kappa shape index (κ1) is 17.9. The van der Waals surface area contributed by atoms with Crippen molar-refractivity contribution in [3.05, 3.63) is 58.6 Å². The van der Waals surface area contributed by atoms with E-state index in [0.29, 0.717) is 5.02 Å². The predicted octanol–water partition coefficient (Wildman–Crippen LogP) is 5.08. The molecule has 0 atom stereocenters. The van der Waals surface area contributed by atoms with Crippen LogP contribution in [-0.2, 0) is 12.3 Å². The van der Waals surface area contributed by atoms with Crippen molar-refractivity contribution in [2.24, 2.45) is 0 Å². The van der Waals surface area contributed by atoms with E-state index in [1.54, 1.807) is 23.9 Å². The maximum Gasteiger partial charge on any atom is 0.134 e. The summed E-state index contributed by atoms with van der Waals surface area (Å²) in [5.41, 5.74) is 2.56. The van der Waals surface area contributed by atoms with Gasteiger partial charge in [0.1, 0.15) is 5.75 Å². The monoisotopic (exact) mass is 323 g/mol. The molecule has 0 amide bonds. The summed E-state index contributed by atoms with van der Waals surface area (Å²) < 4.78 is 0. The first-order valence-electron chi connectivity index (χ1n) is 7.03. The second kappa shape index (κ2) is 9.72. The number of thioether (sulfide) groups is 1. The summed E-state index contributed by atoms with van der Waals surface area (Å²) in [7, 11) is 1.94. The quantitative estimate of drug-likeness (QED) is 0.752. The highest BCUT2D eigenvalue weighted by Gasteiger charge is 2.02. The van der Waals surface area contributed by atoms with Gasteiger partial charge in [0.15, 0.2) is 0 Å². The summed E-state index contributed by atoms with van der Waals surface area (Å²) in [5, 5.41) is 12.9. The minimum absolute atomic E-state index is 0.127. The van der Waals surface area contributed by atoms with Crippen molar-refractivity contribution in [3.8, 4) is 5.75 Å². The van der Waals surface area contributed by atoms with Gasteiger partial charge in [0.05, 0.1) is 5.02 Å². The first-order chi connectivity index (χ1) is 10.2. The summed E-state index contributed by atoms with van der Waals surface area (Å²) in [5.74, 6) is 1.01. The van der Waals surface area contributed by atoms with Crippen LogP contribution < -0.4 is 5.32 Å². The summed E-state index contributed by atoms with van der Waals surface area (Å²) in [6.07, 6.45) is 0. The smallest absolute Gasteiger partial charge is 0.134 e. The third kappa shape index (κ3) is 6.00. The fraction of sp³-hybridized carbons (Fsp3) is 0.294. The zero-order valence-electron chi connectivity index (χ0n) is 12.7. The molecule has 0 radical (unpaired) electrons. The van der Waals surface area contributed by atoms with Crippen molar-refractivity contribution in [1.82, 2.24) is 5.32 Å². The van der Waals surface area contributed by atoms with E-state index in [1.165, 1.54) is 11.1 Å². The molecule has 0 saturated carbocycles. The van der Waals surface area contributed by atoms with Gasteiger partial charge in [0, 0.05) is 17.2 Å². The topological polar surface area (TPSA) is 32.3 Å². The minimum Gasteiger partial charge on any atom is -0.506 e. The Balaban J connectivity index is 0.00000106. The highest BCUT2D eigenvalue weighted by molar-refractivity contribution is 7.98. The van der Waals surface area contributed by atoms with Crippen LogP contribution in [0.2, 0.25) is 5.02 Å². The van der Waals surface area contributed by atoms with E-state index in [1.807, 2.05) is 27.0 Å². The number of halogens is 1. The van der Waals surface area contributed by atoms with Crippen molar-refractivity contribution >= 4 is 23.4 Å². The molecule has 0 saturated heterocycles. The Hall–Kier alpha value is -1.16. The Morgan fingerprint density at radius 3 is 2.48 bits per heavy atom. The SMILES string of the molecule is CC.CNCc1cccc(CSc2ccc(O)c(Cl)c2)c1. The Bertz CT molecular complexity index is 560. The molecule has 2 N–H and O–H groups in total. The zero-order valence-corrected chi connectivity index (χ0v) is 14.3. The van der Waals surface area contributed by atoms with Crippen molar-refractivity contribution in [2.75, 3.05) is 7.05 Å². The molecule has 0 aliphatic carbocycles. The molecule has 0 heterocycles. The van der Waals surface area contributed by atoms with Gasteiger partial charge in [-0.2, -0.15) is 0 Å². The van der Waals surface area contributed by atoms with E-state index in [0.717, 1.165) is 17.2 Å². The van der Waals surface area contributed by atoms with Gasteiger partial charge in [0.25, 0.3) is 0 Å². The second-order valence-electron chi connectivity index (χ2n) is 4.25. The van der Waals surface area contributed by atoms with Gasteiger partial charge >= 0.3 is 0 Å². The van der Waals surface area contributed by atoms with Crippen LogP contribution in [0.5, 0.6) is 5.75 Å². The standard InChI is InChI=1S/C15H16ClNOS.C2H6/c1-17-9-11-3-2-4-12(7-11)10-19-13-5-6-15(18)14(16)8-13;1-2/h2-8,17-18H,9-10H2,1H3;1-2H3. The molecule has 2 rings (SSSR count). The number of rotatable bonds is 5. The Labute approximate surface area is 136 Å². The Morgan fingerprint density at radius 1 is 1.10 bits per heavy atom. The van der Waals surface area contributed by atoms with Crippen molar-refractivity contribution in [1.29, 1.82) is 0 Å². The number of nitrogens with one attached hydrogen (secondary N) is 1. The molecule has 2 aromatic rings. The molecule has 0 fully saturated rings. The summed E-state index contributed by atoms with van der Waals surface area (Å²) in [6, 6.07) is 13.8. The molecule has 0 unspecified atom stereocenters. The van der Waals surface area contributed by atoms with Crippen LogP contribution in [0, 0.1) is 0 Å². The van der Waals surface area contributed by atoms with Crippen LogP contribution in [-0.4, -0.2) is 12.2 Å². The van der Waals surface area contributed by atoms with Gasteiger partial charge in [-0.05, 0) is 36.4 Å².